The summed E-state index contributed by atoms with van der Waals surface area (Å²) in [6.07, 6.45) is 7.65. The second kappa shape index (κ2) is 4.91. The van der Waals surface area contributed by atoms with Crippen LogP contribution >= 0.6 is 0 Å². The van der Waals surface area contributed by atoms with Gasteiger partial charge in [-0.05, 0) is 43.0 Å². The first kappa shape index (κ1) is 12.4. The van der Waals surface area contributed by atoms with Crippen molar-refractivity contribution in [2.24, 2.45) is 0 Å². The molecule has 2 aromatic rings. The van der Waals surface area contributed by atoms with Crippen molar-refractivity contribution in [3.8, 4) is 6.07 Å². The van der Waals surface area contributed by atoms with Gasteiger partial charge in [0.05, 0.1) is 17.7 Å². The van der Waals surface area contributed by atoms with Gasteiger partial charge in [0.1, 0.15) is 11.2 Å². The summed E-state index contributed by atoms with van der Waals surface area (Å²) >= 11 is 0. The van der Waals surface area contributed by atoms with Crippen LogP contribution in [0.15, 0.2) is 28.7 Å². The molecule has 1 N–H and O–H groups in total. The number of nitrogens with one attached hydrogen (secondary N) is 1. The molecule has 1 atom stereocenters. The fourth-order valence-corrected chi connectivity index (χ4v) is 3.32. The van der Waals surface area contributed by atoms with E-state index in [1.807, 2.05) is 18.2 Å². The van der Waals surface area contributed by atoms with Crippen molar-refractivity contribution in [2.75, 3.05) is 6.54 Å². The van der Waals surface area contributed by atoms with Crippen molar-refractivity contribution in [3.05, 3.63) is 57.4 Å². The molecule has 0 saturated carbocycles. The Kier molecular flexibility index (Phi) is 2.90. The predicted octanol–water partition coefficient (Wildman–Crippen LogP) is 1.74. The van der Waals surface area contributed by atoms with Gasteiger partial charge in [-0.25, -0.2) is 0 Å². The number of nitrogens with zero attached hydrogens (tertiary/aromatic N) is 1. The molecule has 1 aromatic carbocycles. The van der Waals surface area contributed by atoms with Gasteiger partial charge in [-0.1, -0.05) is 18.2 Å². The monoisotopic (exact) mass is 276 g/mol. The largest absolute Gasteiger partial charge is 0.459 e. The second-order valence-electron chi connectivity index (χ2n) is 5.58. The molecule has 1 aliphatic heterocycles. The van der Waals surface area contributed by atoms with Gasteiger partial charge < -0.3 is 9.73 Å². The molecule has 1 unspecified atom stereocenters. The van der Waals surface area contributed by atoms with Crippen LogP contribution in [0.1, 0.15) is 41.3 Å². The highest BCUT2D eigenvalue weighted by Crippen LogP contribution is 2.27. The van der Waals surface area contributed by atoms with E-state index >= 15 is 0 Å². The zero-order valence-corrected chi connectivity index (χ0v) is 11.7. The van der Waals surface area contributed by atoms with E-state index in [0.29, 0.717) is 5.56 Å². The van der Waals surface area contributed by atoms with Crippen LogP contribution in [0.25, 0.3) is 12.2 Å². The fourth-order valence-electron chi connectivity index (χ4n) is 3.32. The standard InChI is InChI=1S/C18H16N2O/c19-11-12-4-3-5-13(10-12)17-18-15(8-9-20-17)14-6-1-2-7-16(14)21-18/h3-7,10,17,20H,1-2,8-9H2. The van der Waals surface area contributed by atoms with E-state index in [1.165, 1.54) is 10.8 Å². The molecule has 2 aliphatic rings. The molecule has 1 aromatic heterocycles. The average Bonchev–Trinajstić information content (AvgIpc) is 2.93. The lowest BCUT2D eigenvalue weighted by molar-refractivity contribution is 0.409. The molecule has 2 heterocycles. The van der Waals surface area contributed by atoms with Crippen LogP contribution in [0.2, 0.25) is 0 Å². The minimum Gasteiger partial charge on any atom is -0.459 e. The molecule has 0 saturated heterocycles. The van der Waals surface area contributed by atoms with Crippen LogP contribution < -0.4 is 16.0 Å². The highest BCUT2D eigenvalue weighted by atomic mass is 16.3. The van der Waals surface area contributed by atoms with Crippen molar-refractivity contribution in [2.45, 2.75) is 25.3 Å². The molecule has 3 heteroatoms. The van der Waals surface area contributed by atoms with Crippen LogP contribution in [0.4, 0.5) is 0 Å². The van der Waals surface area contributed by atoms with Crippen molar-refractivity contribution in [1.29, 1.82) is 5.26 Å². The van der Waals surface area contributed by atoms with Gasteiger partial charge >= 0.3 is 0 Å². The van der Waals surface area contributed by atoms with E-state index in [2.05, 4.69) is 29.6 Å². The maximum absolute atomic E-state index is 9.08. The zero-order valence-electron chi connectivity index (χ0n) is 11.7. The summed E-state index contributed by atoms with van der Waals surface area (Å²) in [6, 6.07) is 10.0. The molecule has 0 bridgehead atoms. The second-order valence-corrected chi connectivity index (χ2v) is 5.58. The summed E-state index contributed by atoms with van der Waals surface area (Å²) in [5.41, 5.74) is 4.15. The van der Waals surface area contributed by atoms with E-state index in [1.54, 1.807) is 0 Å². The zero-order chi connectivity index (χ0) is 14.2. The van der Waals surface area contributed by atoms with Gasteiger partial charge in [-0.2, -0.15) is 5.26 Å². The lowest BCUT2D eigenvalue weighted by Gasteiger charge is -2.23. The molecule has 1 aliphatic carbocycles. The molecule has 0 fully saturated rings. The first-order chi connectivity index (χ1) is 10.4. The van der Waals surface area contributed by atoms with Crippen LogP contribution in [0.3, 0.4) is 0 Å². The van der Waals surface area contributed by atoms with Crippen LogP contribution in [0.5, 0.6) is 0 Å². The van der Waals surface area contributed by atoms with Gasteiger partial charge in [0.25, 0.3) is 0 Å². The Morgan fingerprint density at radius 2 is 2.14 bits per heavy atom. The quantitative estimate of drug-likeness (QED) is 0.863. The Balaban J connectivity index is 1.88. The van der Waals surface area contributed by atoms with Crippen LogP contribution in [0, 0.1) is 11.3 Å². The smallest absolute Gasteiger partial charge is 0.130 e. The lowest BCUT2D eigenvalue weighted by Crippen LogP contribution is -2.33. The van der Waals surface area contributed by atoms with Crippen molar-refractivity contribution < 1.29 is 4.42 Å². The summed E-state index contributed by atoms with van der Waals surface area (Å²) in [6.45, 7) is 0.939. The summed E-state index contributed by atoms with van der Waals surface area (Å²) in [4.78, 5) is 0. The maximum atomic E-state index is 9.08. The molecule has 104 valence electrons. The molecule has 4 rings (SSSR count). The normalized spacial score (nSPS) is 19.7. The van der Waals surface area contributed by atoms with Crippen LogP contribution in [-0.4, -0.2) is 6.54 Å². The van der Waals surface area contributed by atoms with Gasteiger partial charge in [0.2, 0.25) is 0 Å². The molecule has 0 amide bonds. The summed E-state index contributed by atoms with van der Waals surface area (Å²) < 4.78 is 6.14. The van der Waals surface area contributed by atoms with Gasteiger partial charge in [0, 0.05) is 17.3 Å². The number of fused-ring (bicyclic) bond motifs is 3. The highest BCUT2D eigenvalue weighted by molar-refractivity contribution is 5.45. The molecular weight excluding hydrogens is 260 g/mol. The topological polar surface area (TPSA) is 49.0 Å². The first-order valence-electron chi connectivity index (χ1n) is 7.42. The predicted molar refractivity (Wildman–Crippen MR) is 80.8 cm³/mol. The van der Waals surface area contributed by atoms with E-state index in [0.717, 1.165) is 42.5 Å². The number of hydrogen-bond acceptors (Lipinski definition) is 3. The third-order valence-corrected chi connectivity index (χ3v) is 4.29. The maximum Gasteiger partial charge on any atom is 0.130 e. The number of hydrogen-bond donors (Lipinski definition) is 1. The van der Waals surface area contributed by atoms with Crippen LogP contribution in [-0.2, 0) is 6.42 Å². The van der Waals surface area contributed by atoms with Gasteiger partial charge in [-0.15, -0.1) is 0 Å². The Labute approximate surface area is 123 Å². The highest BCUT2D eigenvalue weighted by Gasteiger charge is 2.26. The number of rotatable bonds is 1. The summed E-state index contributed by atoms with van der Waals surface area (Å²) in [5, 5.41) is 13.9. The molecule has 21 heavy (non-hydrogen) atoms. The molecule has 3 nitrogen and oxygen atoms in total. The Morgan fingerprint density at radius 1 is 1.24 bits per heavy atom. The molecule has 0 radical (unpaired) electrons. The lowest BCUT2D eigenvalue weighted by atomic mass is 9.94. The third kappa shape index (κ3) is 2.00. The van der Waals surface area contributed by atoms with Gasteiger partial charge in [0.15, 0.2) is 0 Å². The summed E-state index contributed by atoms with van der Waals surface area (Å²) in [5.74, 6) is 1.02. The number of benzene rings is 1. The van der Waals surface area contributed by atoms with Crippen molar-refractivity contribution in [3.63, 3.8) is 0 Å². The molecular formula is C18H16N2O. The van der Waals surface area contributed by atoms with E-state index in [4.69, 9.17) is 9.68 Å². The summed E-state index contributed by atoms with van der Waals surface area (Å²) in [7, 11) is 0. The molecule has 0 spiro atoms. The van der Waals surface area contributed by atoms with E-state index < -0.39 is 0 Å². The average molecular weight is 276 g/mol. The third-order valence-electron chi connectivity index (χ3n) is 4.29. The Morgan fingerprint density at radius 3 is 3.05 bits per heavy atom. The van der Waals surface area contributed by atoms with E-state index in [9.17, 15) is 0 Å². The SMILES string of the molecule is N#Cc1cccc(C2NCCc3c2oc2c3=CCCC=2)c1. The minimum atomic E-state index is 0.0504. The van der Waals surface area contributed by atoms with Gasteiger partial charge in [-0.3, -0.25) is 0 Å². The van der Waals surface area contributed by atoms with Crippen molar-refractivity contribution in [1.82, 2.24) is 5.32 Å². The number of furan rings is 1. The number of nitriles is 1. The van der Waals surface area contributed by atoms with Crippen molar-refractivity contribution >= 4 is 12.2 Å². The Bertz CT molecular complexity index is 854. The first-order valence-corrected chi connectivity index (χ1v) is 7.42. The van der Waals surface area contributed by atoms with E-state index in [-0.39, 0.29) is 6.04 Å². The minimum absolute atomic E-state index is 0.0504. The fraction of sp³-hybridized carbons (Fsp3) is 0.278. The Hall–Kier alpha value is -2.31.